The van der Waals surface area contributed by atoms with Crippen molar-refractivity contribution in [3.63, 3.8) is 0 Å². The summed E-state index contributed by atoms with van der Waals surface area (Å²) < 4.78 is 22.5. The van der Waals surface area contributed by atoms with Crippen LogP contribution in [0, 0.1) is 0 Å². The van der Waals surface area contributed by atoms with Gasteiger partial charge in [-0.2, -0.15) is 0 Å². The molecule has 0 aromatic carbocycles. The number of carbonyl (C=O) groups excluding carboxylic acids is 1. The smallest absolute Gasteiger partial charge is 0.163 e. The molecule has 2 heterocycles. The Hall–Kier alpha value is -0.490. The van der Waals surface area contributed by atoms with Gasteiger partial charge in [-0.1, -0.05) is 0 Å². The topological polar surface area (TPSA) is 54.0 Å². The van der Waals surface area contributed by atoms with E-state index in [1.54, 1.807) is 0 Å². The second-order valence-corrected chi connectivity index (χ2v) is 7.22. The van der Waals surface area contributed by atoms with Crippen LogP contribution in [0.25, 0.3) is 0 Å². The van der Waals surface area contributed by atoms with Gasteiger partial charge in [-0.3, -0.25) is 4.79 Å². The van der Waals surface area contributed by atoms with Crippen molar-refractivity contribution in [2.75, 3.05) is 13.2 Å². The highest BCUT2D eigenvalue weighted by Gasteiger charge is 2.33. The van der Waals surface area contributed by atoms with E-state index in [4.69, 9.17) is 18.9 Å². The van der Waals surface area contributed by atoms with Gasteiger partial charge < -0.3 is 18.9 Å². The summed E-state index contributed by atoms with van der Waals surface area (Å²) in [6.45, 7) is 8.97. The third-order valence-electron chi connectivity index (χ3n) is 4.10. The lowest BCUT2D eigenvalue weighted by molar-refractivity contribution is -0.139. The first-order chi connectivity index (χ1) is 10.3. The number of ketones is 1. The van der Waals surface area contributed by atoms with Crippen LogP contribution in [-0.4, -0.2) is 42.8 Å². The fourth-order valence-electron chi connectivity index (χ4n) is 2.99. The summed E-state index contributed by atoms with van der Waals surface area (Å²) in [6.07, 6.45) is 5.06. The van der Waals surface area contributed by atoms with E-state index in [2.05, 4.69) is 0 Å². The highest BCUT2D eigenvalue weighted by Crippen LogP contribution is 2.26. The van der Waals surface area contributed by atoms with Gasteiger partial charge in [0.05, 0.1) is 25.4 Å². The van der Waals surface area contributed by atoms with Crippen molar-refractivity contribution in [2.24, 2.45) is 0 Å². The Morgan fingerprint density at radius 2 is 1.27 bits per heavy atom. The summed E-state index contributed by atoms with van der Waals surface area (Å²) in [7, 11) is 0. The second kappa shape index (κ2) is 7.39. The molecule has 0 spiro atoms. The zero-order valence-corrected chi connectivity index (χ0v) is 14.4. The Labute approximate surface area is 133 Å². The first-order valence-corrected chi connectivity index (χ1v) is 8.41. The minimum Gasteiger partial charge on any atom is -0.348 e. The molecule has 22 heavy (non-hydrogen) atoms. The average molecular weight is 314 g/mol. The first-order valence-electron chi connectivity index (χ1n) is 8.41. The number of ether oxygens (including phenoxy) is 4. The Balaban J connectivity index is 1.50. The fourth-order valence-corrected chi connectivity index (χ4v) is 2.99. The van der Waals surface area contributed by atoms with Gasteiger partial charge in [0.2, 0.25) is 0 Å². The van der Waals surface area contributed by atoms with Crippen LogP contribution >= 0.6 is 0 Å². The summed E-state index contributed by atoms with van der Waals surface area (Å²) in [5.74, 6) is -0.603. The predicted octanol–water partition coefficient (Wildman–Crippen LogP) is 3.20. The molecule has 0 aromatic rings. The van der Waals surface area contributed by atoms with E-state index in [1.165, 1.54) is 0 Å². The van der Waals surface area contributed by atoms with E-state index in [9.17, 15) is 4.79 Å². The van der Waals surface area contributed by atoms with Crippen LogP contribution in [0.1, 0.15) is 66.2 Å². The zero-order valence-electron chi connectivity index (χ0n) is 14.4. The molecule has 0 radical (unpaired) electrons. The normalized spacial score (nSPS) is 29.8. The molecule has 0 bridgehead atoms. The molecule has 0 unspecified atom stereocenters. The van der Waals surface area contributed by atoms with Crippen molar-refractivity contribution in [2.45, 2.75) is 90.0 Å². The van der Waals surface area contributed by atoms with Gasteiger partial charge in [0, 0.05) is 12.8 Å². The van der Waals surface area contributed by atoms with E-state index in [0.29, 0.717) is 31.8 Å². The molecule has 2 fully saturated rings. The van der Waals surface area contributed by atoms with Crippen molar-refractivity contribution in [1.29, 1.82) is 0 Å². The van der Waals surface area contributed by atoms with Gasteiger partial charge in [0.15, 0.2) is 11.6 Å². The van der Waals surface area contributed by atoms with Gasteiger partial charge in [-0.05, 0) is 53.4 Å². The van der Waals surface area contributed by atoms with Gasteiger partial charge >= 0.3 is 0 Å². The lowest BCUT2D eigenvalue weighted by atomic mass is 10.0. The largest absolute Gasteiger partial charge is 0.348 e. The van der Waals surface area contributed by atoms with Crippen molar-refractivity contribution < 1.29 is 23.7 Å². The Kier molecular flexibility index (Phi) is 6.00. The monoisotopic (exact) mass is 314 g/mol. The lowest BCUT2D eigenvalue weighted by Gasteiger charge is -2.17. The van der Waals surface area contributed by atoms with Crippen molar-refractivity contribution in [3.05, 3.63) is 0 Å². The summed E-state index contributed by atoms with van der Waals surface area (Å²) in [5, 5.41) is 0. The molecular formula is C17H30O5. The van der Waals surface area contributed by atoms with Crippen molar-refractivity contribution in [1.82, 2.24) is 0 Å². The predicted molar refractivity (Wildman–Crippen MR) is 82.5 cm³/mol. The van der Waals surface area contributed by atoms with E-state index >= 15 is 0 Å². The van der Waals surface area contributed by atoms with Gasteiger partial charge in [-0.15, -0.1) is 0 Å². The molecule has 0 saturated carbocycles. The van der Waals surface area contributed by atoms with E-state index < -0.39 is 11.6 Å². The molecule has 128 valence electrons. The molecule has 0 aromatic heterocycles. The highest BCUT2D eigenvalue weighted by molar-refractivity contribution is 5.78. The zero-order chi connectivity index (χ0) is 16.2. The third-order valence-corrected chi connectivity index (χ3v) is 4.10. The number of rotatable bonds is 8. The van der Waals surface area contributed by atoms with Crippen LogP contribution in [0.3, 0.4) is 0 Å². The third kappa shape index (κ3) is 5.95. The van der Waals surface area contributed by atoms with Gasteiger partial charge in [0.1, 0.15) is 5.78 Å². The molecule has 5 nitrogen and oxygen atoms in total. The Morgan fingerprint density at radius 1 is 0.864 bits per heavy atom. The standard InChI is InChI=1S/C17H30O5/c1-16(2)19-11-14(21-16)9-5-7-13(18)8-6-10-15-12-20-17(3,4)22-15/h14-15H,5-12H2,1-4H3/t14-,15-/m0/s1. The minimum absolute atomic E-state index is 0.133. The van der Waals surface area contributed by atoms with Crippen LogP contribution in [0.2, 0.25) is 0 Å². The molecule has 0 aliphatic carbocycles. The van der Waals surface area contributed by atoms with E-state index in [1.807, 2.05) is 27.7 Å². The molecule has 2 aliphatic heterocycles. The molecule has 2 saturated heterocycles. The number of Topliss-reactive ketones (excluding diaryl/α,β-unsaturated/α-hetero) is 1. The SMILES string of the molecule is CC1(C)OC[C@H](CCCC(=O)CCC[C@H]2COC(C)(C)O2)O1. The average Bonchev–Trinajstić information content (AvgIpc) is 2.92. The lowest BCUT2D eigenvalue weighted by Crippen LogP contribution is -2.21. The molecule has 2 atom stereocenters. The van der Waals surface area contributed by atoms with Crippen LogP contribution in [-0.2, 0) is 23.7 Å². The second-order valence-electron chi connectivity index (χ2n) is 7.22. The molecule has 0 amide bonds. The summed E-state index contributed by atoms with van der Waals surface area (Å²) in [4.78, 5) is 11.9. The number of hydrogen-bond donors (Lipinski definition) is 0. The van der Waals surface area contributed by atoms with Crippen LogP contribution in [0.4, 0.5) is 0 Å². The van der Waals surface area contributed by atoms with Crippen molar-refractivity contribution >= 4 is 5.78 Å². The molecule has 5 heteroatoms. The fraction of sp³-hybridized carbons (Fsp3) is 0.941. The minimum atomic E-state index is -0.466. The quantitative estimate of drug-likeness (QED) is 0.688. The Bertz CT molecular complexity index is 343. The highest BCUT2D eigenvalue weighted by atomic mass is 16.7. The van der Waals surface area contributed by atoms with E-state index in [-0.39, 0.29) is 12.2 Å². The maximum atomic E-state index is 11.9. The number of carbonyl (C=O) groups is 1. The van der Waals surface area contributed by atoms with Crippen LogP contribution < -0.4 is 0 Å². The Morgan fingerprint density at radius 3 is 1.59 bits per heavy atom. The molecule has 2 rings (SSSR count). The van der Waals surface area contributed by atoms with Gasteiger partial charge in [-0.25, -0.2) is 0 Å². The summed E-state index contributed by atoms with van der Waals surface area (Å²) in [5.41, 5.74) is 0. The molecule has 0 N–H and O–H groups in total. The van der Waals surface area contributed by atoms with Gasteiger partial charge in [0.25, 0.3) is 0 Å². The number of hydrogen-bond acceptors (Lipinski definition) is 5. The first kappa shape index (κ1) is 17.9. The van der Waals surface area contributed by atoms with Crippen LogP contribution in [0.5, 0.6) is 0 Å². The van der Waals surface area contributed by atoms with Crippen molar-refractivity contribution in [3.8, 4) is 0 Å². The molecule has 2 aliphatic rings. The summed E-state index contributed by atoms with van der Waals surface area (Å²) >= 11 is 0. The summed E-state index contributed by atoms with van der Waals surface area (Å²) in [6, 6.07) is 0. The maximum Gasteiger partial charge on any atom is 0.163 e. The van der Waals surface area contributed by atoms with E-state index in [0.717, 1.165) is 25.7 Å². The maximum absolute atomic E-state index is 11.9. The molecular weight excluding hydrogens is 284 g/mol. The van der Waals surface area contributed by atoms with Crippen LogP contribution in [0.15, 0.2) is 0 Å².